The third kappa shape index (κ3) is 1.65. The van der Waals surface area contributed by atoms with Gasteiger partial charge in [-0.1, -0.05) is 12.1 Å². The van der Waals surface area contributed by atoms with Crippen LogP contribution in [0.1, 0.15) is 25.7 Å². The first-order valence-corrected chi connectivity index (χ1v) is 6.33. The van der Waals surface area contributed by atoms with Crippen LogP contribution in [0, 0.1) is 0 Å². The van der Waals surface area contributed by atoms with E-state index in [9.17, 15) is 14.4 Å². The lowest BCUT2D eigenvalue weighted by atomic mass is 10.1. The lowest BCUT2D eigenvalue weighted by molar-refractivity contribution is -0.148. The molecule has 2 heterocycles. The molecule has 20 heavy (non-hydrogen) atoms. The highest BCUT2D eigenvalue weighted by Crippen LogP contribution is 2.21. The van der Waals surface area contributed by atoms with Crippen LogP contribution in [0.15, 0.2) is 29.1 Å². The Morgan fingerprint density at radius 2 is 2.00 bits per heavy atom. The van der Waals surface area contributed by atoms with Crippen molar-refractivity contribution in [3.05, 3.63) is 40.4 Å². The van der Waals surface area contributed by atoms with E-state index in [0.717, 1.165) is 4.90 Å². The van der Waals surface area contributed by atoms with Gasteiger partial charge in [0.2, 0.25) is 5.91 Å². The van der Waals surface area contributed by atoms with Crippen molar-refractivity contribution in [3.63, 3.8) is 0 Å². The molecule has 0 fully saturated rings. The molecule has 0 spiro atoms. The lowest BCUT2D eigenvalue weighted by Crippen LogP contribution is -2.48. The van der Waals surface area contributed by atoms with Gasteiger partial charge in [0.05, 0.1) is 17.4 Å². The quantitative estimate of drug-likeness (QED) is 0.712. The summed E-state index contributed by atoms with van der Waals surface area (Å²) in [5.41, 5.74) is 0.337. The smallest absolute Gasteiger partial charge is 0.262 e. The summed E-state index contributed by atoms with van der Waals surface area (Å²) in [5, 5.41) is 0.479. The van der Waals surface area contributed by atoms with E-state index >= 15 is 0 Å². The summed E-state index contributed by atoms with van der Waals surface area (Å²) in [5.74, 6) is -0.268. The number of rotatable bonds is 0. The van der Waals surface area contributed by atoms with Crippen molar-refractivity contribution in [3.8, 4) is 0 Å². The normalized spacial score (nSPS) is 18.2. The molecule has 6 nitrogen and oxygen atoms in total. The van der Waals surface area contributed by atoms with Crippen LogP contribution in [0.3, 0.4) is 0 Å². The summed E-state index contributed by atoms with van der Waals surface area (Å²) in [7, 11) is 0. The number of carbonyl (C=O) groups excluding carboxylic acids is 2. The standard InChI is InChI=1S/C14H13N3O3/c1-8-13(19)16(9(2)18)7-12-15-11-6-4-3-5-10(11)14(20)17(8)12/h3-6,8H,7H2,1-2H3/t8-/m0/s1. The van der Waals surface area contributed by atoms with Crippen LogP contribution < -0.4 is 5.56 Å². The van der Waals surface area contributed by atoms with E-state index in [1.54, 1.807) is 31.2 Å². The van der Waals surface area contributed by atoms with Gasteiger partial charge in [0.15, 0.2) is 0 Å². The average molecular weight is 271 g/mol. The number of benzene rings is 1. The highest BCUT2D eigenvalue weighted by molar-refractivity contribution is 5.96. The molecule has 0 N–H and O–H groups in total. The molecule has 0 saturated carbocycles. The highest BCUT2D eigenvalue weighted by atomic mass is 16.2. The summed E-state index contributed by atoms with van der Waals surface area (Å²) < 4.78 is 1.38. The van der Waals surface area contributed by atoms with Crippen LogP contribution in [0.2, 0.25) is 0 Å². The third-order valence-electron chi connectivity index (χ3n) is 3.57. The van der Waals surface area contributed by atoms with Gasteiger partial charge in [-0.2, -0.15) is 0 Å². The molecule has 2 amide bonds. The maximum Gasteiger partial charge on any atom is 0.262 e. The number of hydrogen-bond acceptors (Lipinski definition) is 4. The summed E-state index contributed by atoms with van der Waals surface area (Å²) >= 11 is 0. The van der Waals surface area contributed by atoms with Crippen molar-refractivity contribution in [1.29, 1.82) is 0 Å². The molecule has 1 aromatic heterocycles. The van der Waals surface area contributed by atoms with Gasteiger partial charge in [0.1, 0.15) is 11.9 Å². The monoisotopic (exact) mass is 271 g/mol. The van der Waals surface area contributed by atoms with E-state index in [4.69, 9.17) is 0 Å². The fraction of sp³-hybridized carbons (Fsp3) is 0.286. The second kappa shape index (κ2) is 4.26. The van der Waals surface area contributed by atoms with Crippen LogP contribution in [-0.4, -0.2) is 26.3 Å². The predicted octanol–water partition coefficient (Wildman–Crippen LogP) is 0.846. The zero-order chi connectivity index (χ0) is 14.4. The molecule has 6 heteroatoms. The van der Waals surface area contributed by atoms with E-state index in [0.29, 0.717) is 16.7 Å². The number of hydrogen-bond donors (Lipinski definition) is 0. The number of carbonyl (C=O) groups is 2. The second-order valence-corrected chi connectivity index (χ2v) is 4.84. The first-order valence-electron chi connectivity index (χ1n) is 6.33. The Morgan fingerprint density at radius 3 is 2.70 bits per heavy atom. The Morgan fingerprint density at radius 1 is 1.30 bits per heavy atom. The molecule has 3 rings (SSSR count). The number of imide groups is 1. The fourth-order valence-electron chi connectivity index (χ4n) is 2.52. The van der Waals surface area contributed by atoms with Crippen LogP contribution in [0.4, 0.5) is 0 Å². The Labute approximate surface area is 114 Å². The summed E-state index contributed by atoms with van der Waals surface area (Å²) in [6.07, 6.45) is 0. The molecule has 0 saturated heterocycles. The van der Waals surface area contributed by atoms with Gasteiger partial charge in [0.25, 0.3) is 11.5 Å². The lowest BCUT2D eigenvalue weighted by Gasteiger charge is -2.31. The fourth-order valence-corrected chi connectivity index (χ4v) is 2.52. The van der Waals surface area contributed by atoms with E-state index in [2.05, 4.69) is 4.98 Å². The molecule has 1 atom stereocenters. The molecule has 0 unspecified atom stereocenters. The van der Waals surface area contributed by atoms with Crippen LogP contribution in [-0.2, 0) is 16.1 Å². The van der Waals surface area contributed by atoms with Gasteiger partial charge in [-0.05, 0) is 19.1 Å². The zero-order valence-electron chi connectivity index (χ0n) is 11.2. The van der Waals surface area contributed by atoms with E-state index in [1.165, 1.54) is 11.5 Å². The molecule has 2 aromatic rings. The second-order valence-electron chi connectivity index (χ2n) is 4.84. The Kier molecular flexibility index (Phi) is 2.67. The summed E-state index contributed by atoms with van der Waals surface area (Å²) in [4.78, 5) is 41.6. The van der Waals surface area contributed by atoms with Crippen molar-refractivity contribution >= 4 is 22.7 Å². The molecule has 0 aliphatic carbocycles. The van der Waals surface area contributed by atoms with Gasteiger partial charge in [-0.3, -0.25) is 23.9 Å². The number of amides is 2. The maximum absolute atomic E-state index is 12.5. The minimum absolute atomic E-state index is 0.0403. The average Bonchev–Trinajstić information content (AvgIpc) is 2.42. The van der Waals surface area contributed by atoms with Gasteiger partial charge < -0.3 is 0 Å². The van der Waals surface area contributed by atoms with Crippen molar-refractivity contribution in [2.24, 2.45) is 0 Å². The van der Waals surface area contributed by atoms with Gasteiger partial charge in [-0.25, -0.2) is 4.98 Å². The first kappa shape index (κ1) is 12.5. The molecule has 1 aliphatic heterocycles. The van der Waals surface area contributed by atoms with Crippen LogP contribution >= 0.6 is 0 Å². The van der Waals surface area contributed by atoms with Crippen molar-refractivity contribution in [2.75, 3.05) is 0 Å². The highest BCUT2D eigenvalue weighted by Gasteiger charge is 2.34. The molecule has 102 valence electrons. The van der Waals surface area contributed by atoms with Crippen LogP contribution in [0.5, 0.6) is 0 Å². The van der Waals surface area contributed by atoms with E-state index < -0.39 is 6.04 Å². The Bertz CT molecular complexity index is 794. The number of nitrogens with zero attached hydrogens (tertiary/aromatic N) is 3. The molecule has 0 radical (unpaired) electrons. The number of para-hydroxylation sites is 1. The summed E-state index contributed by atoms with van der Waals surface area (Å²) in [6.45, 7) is 2.98. The van der Waals surface area contributed by atoms with Gasteiger partial charge in [0, 0.05) is 6.92 Å². The summed E-state index contributed by atoms with van der Waals surface area (Å²) in [6, 6.07) is 6.28. The van der Waals surface area contributed by atoms with Crippen LogP contribution in [0.25, 0.3) is 10.9 Å². The Hall–Kier alpha value is -2.50. The van der Waals surface area contributed by atoms with Gasteiger partial charge >= 0.3 is 0 Å². The number of fused-ring (bicyclic) bond motifs is 2. The van der Waals surface area contributed by atoms with E-state index in [-0.39, 0.29) is 23.9 Å². The third-order valence-corrected chi connectivity index (χ3v) is 3.57. The zero-order valence-corrected chi connectivity index (χ0v) is 11.2. The predicted molar refractivity (Wildman–Crippen MR) is 71.9 cm³/mol. The molecular formula is C14H13N3O3. The van der Waals surface area contributed by atoms with Gasteiger partial charge in [-0.15, -0.1) is 0 Å². The van der Waals surface area contributed by atoms with E-state index in [1.807, 2.05) is 0 Å². The largest absolute Gasteiger partial charge is 0.282 e. The molecule has 1 aromatic carbocycles. The minimum Gasteiger partial charge on any atom is -0.282 e. The number of aromatic nitrogens is 2. The molecule has 0 bridgehead atoms. The molecular weight excluding hydrogens is 258 g/mol. The first-order chi connectivity index (χ1) is 9.50. The Balaban J connectivity index is 2.30. The molecule has 1 aliphatic rings. The minimum atomic E-state index is -0.716. The van der Waals surface area contributed by atoms with Crippen molar-refractivity contribution < 1.29 is 9.59 Å². The SMILES string of the molecule is CC(=O)N1Cc2nc3ccccc3c(=O)n2[C@@H](C)C1=O. The van der Waals surface area contributed by atoms with Crippen molar-refractivity contribution in [2.45, 2.75) is 26.4 Å². The van der Waals surface area contributed by atoms with Crippen molar-refractivity contribution in [1.82, 2.24) is 14.5 Å². The topological polar surface area (TPSA) is 72.3 Å². The maximum atomic E-state index is 12.5.